The second kappa shape index (κ2) is 9.75. The van der Waals surface area contributed by atoms with E-state index in [4.69, 9.17) is 14.2 Å². The van der Waals surface area contributed by atoms with Gasteiger partial charge in [0.15, 0.2) is 11.5 Å². The molecule has 2 fully saturated rings. The van der Waals surface area contributed by atoms with Crippen LogP contribution < -0.4 is 14.8 Å². The first-order chi connectivity index (χ1) is 14.0. The highest BCUT2D eigenvalue weighted by molar-refractivity contribution is 7.86. The number of ether oxygens (including phenoxy) is 3. The van der Waals surface area contributed by atoms with Crippen molar-refractivity contribution in [3.63, 3.8) is 0 Å². The fraction of sp³-hybridized carbons (Fsp3) is 0.632. The van der Waals surface area contributed by atoms with Crippen LogP contribution in [0.25, 0.3) is 0 Å². The minimum absolute atomic E-state index is 0.156. The van der Waals surface area contributed by atoms with Gasteiger partial charge in [-0.3, -0.25) is 4.79 Å². The highest BCUT2D eigenvalue weighted by Crippen LogP contribution is 2.30. The van der Waals surface area contributed by atoms with Crippen molar-refractivity contribution in [2.24, 2.45) is 5.92 Å². The summed E-state index contributed by atoms with van der Waals surface area (Å²) in [7, 11) is -0.453. The number of morpholine rings is 1. The molecule has 0 spiro atoms. The number of para-hydroxylation sites is 1. The molecule has 9 nitrogen and oxygen atoms in total. The van der Waals surface area contributed by atoms with E-state index in [1.165, 1.54) is 8.61 Å². The average molecular weight is 428 g/mol. The van der Waals surface area contributed by atoms with Crippen molar-refractivity contribution >= 4 is 16.1 Å². The number of carbonyl (C=O) groups excluding carboxylic acids is 1. The Morgan fingerprint density at radius 1 is 1.17 bits per heavy atom. The van der Waals surface area contributed by atoms with Crippen LogP contribution in [0.5, 0.6) is 11.5 Å². The number of amides is 1. The molecule has 0 bridgehead atoms. The number of piperidine rings is 1. The summed E-state index contributed by atoms with van der Waals surface area (Å²) >= 11 is 0. The average Bonchev–Trinajstić information content (AvgIpc) is 2.77. The van der Waals surface area contributed by atoms with Crippen LogP contribution in [-0.4, -0.2) is 76.5 Å². The summed E-state index contributed by atoms with van der Waals surface area (Å²) < 4.78 is 44.5. The summed E-state index contributed by atoms with van der Waals surface area (Å²) in [6.07, 6.45) is 1.32. The van der Waals surface area contributed by atoms with Crippen LogP contribution in [0.4, 0.5) is 0 Å². The Labute approximate surface area is 172 Å². The monoisotopic (exact) mass is 427 g/mol. The first kappa shape index (κ1) is 21.8. The largest absolute Gasteiger partial charge is 0.493 e. The molecule has 162 valence electrons. The van der Waals surface area contributed by atoms with Crippen molar-refractivity contribution in [2.75, 3.05) is 53.6 Å². The molecule has 1 unspecified atom stereocenters. The van der Waals surface area contributed by atoms with Gasteiger partial charge in [0.05, 0.1) is 33.4 Å². The number of hydrogen-bond acceptors (Lipinski definition) is 6. The normalized spacial score (nSPS) is 21.5. The van der Waals surface area contributed by atoms with E-state index in [0.717, 1.165) is 5.56 Å². The van der Waals surface area contributed by atoms with Crippen molar-refractivity contribution in [1.29, 1.82) is 0 Å². The third-order valence-electron chi connectivity index (χ3n) is 5.32. The van der Waals surface area contributed by atoms with Gasteiger partial charge in [-0.05, 0) is 18.9 Å². The van der Waals surface area contributed by atoms with E-state index in [-0.39, 0.29) is 24.9 Å². The van der Waals surface area contributed by atoms with E-state index in [1.807, 2.05) is 12.1 Å². The summed E-state index contributed by atoms with van der Waals surface area (Å²) in [6.45, 7) is 2.43. The lowest BCUT2D eigenvalue weighted by Crippen LogP contribution is -2.52. The molecule has 10 heteroatoms. The minimum atomic E-state index is -3.57. The number of nitrogens with one attached hydrogen (secondary N) is 1. The molecule has 2 saturated heterocycles. The maximum atomic E-state index is 12.9. The molecule has 1 aromatic rings. The molecule has 1 atom stereocenters. The standard InChI is InChI=1S/C19H29N3O6S/c1-26-17-7-3-5-15(18(17)27-2)13-20-19(23)16-6-4-8-22(14-16)29(24,25)21-9-11-28-12-10-21/h3,5,7,16H,4,6,8-14H2,1-2H3,(H,20,23). The molecule has 1 N–H and O–H groups in total. The van der Waals surface area contributed by atoms with Gasteiger partial charge in [-0.2, -0.15) is 17.0 Å². The van der Waals surface area contributed by atoms with Gasteiger partial charge < -0.3 is 19.5 Å². The van der Waals surface area contributed by atoms with E-state index in [2.05, 4.69) is 5.32 Å². The van der Waals surface area contributed by atoms with E-state index in [1.54, 1.807) is 20.3 Å². The van der Waals surface area contributed by atoms with Crippen LogP contribution in [0.1, 0.15) is 18.4 Å². The SMILES string of the molecule is COc1cccc(CNC(=O)C2CCCN(S(=O)(=O)N3CCOCC3)C2)c1OC. The number of benzene rings is 1. The zero-order chi connectivity index (χ0) is 20.9. The van der Waals surface area contributed by atoms with Gasteiger partial charge in [-0.15, -0.1) is 0 Å². The molecule has 2 aliphatic heterocycles. The Hall–Kier alpha value is -1.88. The number of carbonyl (C=O) groups is 1. The summed E-state index contributed by atoms with van der Waals surface area (Å²) in [5, 5.41) is 2.92. The van der Waals surface area contributed by atoms with Gasteiger partial charge >= 0.3 is 0 Å². The fourth-order valence-corrected chi connectivity index (χ4v) is 5.39. The van der Waals surface area contributed by atoms with Gasteiger partial charge in [0.25, 0.3) is 10.2 Å². The first-order valence-corrected chi connectivity index (χ1v) is 11.2. The van der Waals surface area contributed by atoms with Crippen molar-refractivity contribution in [3.8, 4) is 11.5 Å². The third-order valence-corrected chi connectivity index (χ3v) is 7.32. The second-order valence-corrected chi connectivity index (χ2v) is 9.02. The third kappa shape index (κ3) is 5.00. The Bertz CT molecular complexity index is 810. The predicted octanol–water partition coefficient (Wildman–Crippen LogP) is 0.609. The van der Waals surface area contributed by atoms with E-state index in [9.17, 15) is 13.2 Å². The zero-order valence-electron chi connectivity index (χ0n) is 16.9. The molecule has 29 heavy (non-hydrogen) atoms. The van der Waals surface area contributed by atoms with E-state index in [0.29, 0.717) is 57.2 Å². The van der Waals surface area contributed by atoms with Gasteiger partial charge in [-0.25, -0.2) is 0 Å². The molecule has 0 saturated carbocycles. The number of nitrogens with zero attached hydrogens (tertiary/aromatic N) is 2. The van der Waals surface area contributed by atoms with Gasteiger partial charge in [0.1, 0.15) is 0 Å². The van der Waals surface area contributed by atoms with Crippen LogP contribution in [0.15, 0.2) is 18.2 Å². The quantitative estimate of drug-likeness (QED) is 0.685. The van der Waals surface area contributed by atoms with Gasteiger partial charge in [-0.1, -0.05) is 12.1 Å². The van der Waals surface area contributed by atoms with E-state index < -0.39 is 10.2 Å². The second-order valence-electron chi connectivity index (χ2n) is 7.09. The predicted molar refractivity (Wildman–Crippen MR) is 107 cm³/mol. The molecule has 2 aliphatic rings. The van der Waals surface area contributed by atoms with Crippen molar-refractivity contribution in [1.82, 2.24) is 13.9 Å². The molecule has 1 amide bonds. The maximum Gasteiger partial charge on any atom is 0.282 e. The smallest absolute Gasteiger partial charge is 0.282 e. The van der Waals surface area contributed by atoms with E-state index >= 15 is 0 Å². The lowest BCUT2D eigenvalue weighted by Gasteiger charge is -2.36. The van der Waals surface area contributed by atoms with Crippen molar-refractivity contribution in [3.05, 3.63) is 23.8 Å². The first-order valence-electron chi connectivity index (χ1n) is 9.78. The van der Waals surface area contributed by atoms with Gasteiger partial charge in [0, 0.05) is 38.3 Å². The van der Waals surface area contributed by atoms with Crippen LogP contribution >= 0.6 is 0 Å². The maximum absolute atomic E-state index is 12.9. The Kier molecular flexibility index (Phi) is 7.33. The Morgan fingerprint density at radius 3 is 2.62 bits per heavy atom. The van der Waals surface area contributed by atoms with Crippen LogP contribution in [0.3, 0.4) is 0 Å². The molecule has 2 heterocycles. The fourth-order valence-electron chi connectivity index (χ4n) is 3.73. The Balaban J connectivity index is 1.61. The zero-order valence-corrected chi connectivity index (χ0v) is 17.7. The molecule has 0 aromatic heterocycles. The van der Waals surface area contributed by atoms with Crippen LogP contribution in [0, 0.1) is 5.92 Å². The summed E-state index contributed by atoms with van der Waals surface area (Å²) in [6, 6.07) is 5.48. The topological polar surface area (TPSA) is 97.4 Å². The number of methoxy groups -OCH3 is 2. The number of hydrogen-bond donors (Lipinski definition) is 1. The summed E-state index contributed by atoms with van der Waals surface area (Å²) in [5.41, 5.74) is 0.800. The molecule has 3 rings (SSSR count). The molecule has 0 aliphatic carbocycles. The lowest BCUT2D eigenvalue weighted by molar-refractivity contribution is -0.126. The summed E-state index contributed by atoms with van der Waals surface area (Å²) in [4.78, 5) is 12.7. The molecular formula is C19H29N3O6S. The lowest BCUT2D eigenvalue weighted by atomic mass is 9.98. The Morgan fingerprint density at radius 2 is 1.93 bits per heavy atom. The number of rotatable bonds is 7. The van der Waals surface area contributed by atoms with Crippen LogP contribution in [-0.2, 0) is 26.3 Å². The molecule has 0 radical (unpaired) electrons. The summed E-state index contributed by atoms with van der Waals surface area (Å²) in [5.74, 6) is 0.642. The van der Waals surface area contributed by atoms with Crippen molar-refractivity contribution < 1.29 is 27.4 Å². The van der Waals surface area contributed by atoms with Crippen molar-refractivity contribution in [2.45, 2.75) is 19.4 Å². The van der Waals surface area contributed by atoms with Gasteiger partial charge in [0.2, 0.25) is 5.91 Å². The minimum Gasteiger partial charge on any atom is -0.493 e. The highest BCUT2D eigenvalue weighted by atomic mass is 32.2. The highest BCUT2D eigenvalue weighted by Gasteiger charge is 2.36. The molecular weight excluding hydrogens is 398 g/mol. The molecule has 1 aromatic carbocycles. The van der Waals surface area contributed by atoms with Crippen LogP contribution in [0.2, 0.25) is 0 Å².